The fourth-order valence-electron chi connectivity index (χ4n) is 4.34. The van der Waals surface area contributed by atoms with Gasteiger partial charge in [-0.2, -0.15) is 18.2 Å². The van der Waals surface area contributed by atoms with Crippen LogP contribution in [0.15, 0.2) is 12.3 Å². The lowest BCUT2D eigenvalue weighted by molar-refractivity contribution is -0.115. The highest BCUT2D eigenvalue weighted by Gasteiger charge is 2.48. The van der Waals surface area contributed by atoms with E-state index >= 15 is 0 Å². The molecule has 3 heterocycles. The van der Waals surface area contributed by atoms with Crippen molar-refractivity contribution < 1.29 is 28.5 Å². The van der Waals surface area contributed by atoms with Gasteiger partial charge in [0.05, 0.1) is 39.4 Å². The molecule has 3 aromatic heterocycles. The van der Waals surface area contributed by atoms with Gasteiger partial charge in [0.25, 0.3) is 0 Å². The van der Waals surface area contributed by atoms with Gasteiger partial charge in [-0.3, -0.25) is 4.98 Å². The van der Waals surface area contributed by atoms with Crippen molar-refractivity contribution in [3.8, 4) is 10.6 Å². The number of fused-ring (bicyclic) bond motifs is 1. The van der Waals surface area contributed by atoms with Crippen LogP contribution in [0.2, 0.25) is 0 Å². The van der Waals surface area contributed by atoms with E-state index in [-0.39, 0.29) is 18.2 Å². The van der Waals surface area contributed by atoms with Crippen molar-refractivity contribution in [3.63, 3.8) is 0 Å². The number of hydrogen-bond acceptors (Lipinski definition) is 10. The Morgan fingerprint density at radius 1 is 1.09 bits per heavy atom. The Bertz CT molecular complexity index is 1230. The van der Waals surface area contributed by atoms with E-state index in [1.54, 1.807) is 27.0 Å². The molecule has 1 fully saturated rings. The van der Waals surface area contributed by atoms with Crippen molar-refractivity contribution in [1.82, 2.24) is 19.9 Å². The number of nitrogens with one attached hydrogen (secondary N) is 2. The van der Waals surface area contributed by atoms with Gasteiger partial charge < -0.3 is 26.0 Å². The molecule has 9 nitrogen and oxygen atoms in total. The molecule has 1 aliphatic rings. The average molecular weight is 513 g/mol. The molecule has 1 saturated carbocycles. The van der Waals surface area contributed by atoms with E-state index < -0.39 is 42.5 Å². The monoisotopic (exact) mass is 512 g/mol. The minimum atomic E-state index is -4.47. The van der Waals surface area contributed by atoms with Crippen LogP contribution in [0.1, 0.15) is 31.7 Å². The van der Waals surface area contributed by atoms with E-state index in [9.17, 15) is 28.5 Å². The second-order valence-corrected chi connectivity index (χ2v) is 10.3. The molecule has 0 bridgehead atoms. The number of aryl methyl sites for hydroxylation is 2. The van der Waals surface area contributed by atoms with Crippen molar-refractivity contribution in [2.75, 3.05) is 17.2 Å². The average Bonchev–Trinajstić information content (AvgIpc) is 3.29. The first kappa shape index (κ1) is 25.5. The standard InChI is InChI=1S/C22H27F3N6O3S/c1-9-14(19-30-15-10(2)26-6-5-13(15)35-19)18(31-20(28-9)27-8-22(23,24)25)29-12-7-11(21(3,4)34)16(32)17(12)33/h5-6,11-12,16-17,32-34H,7-8H2,1-4H3,(H2,27,28,29,31)/t11-,12+,16+,17-/m0/s1. The van der Waals surface area contributed by atoms with Crippen LogP contribution in [0.5, 0.6) is 0 Å². The van der Waals surface area contributed by atoms with Gasteiger partial charge in [0.2, 0.25) is 5.95 Å². The van der Waals surface area contributed by atoms with E-state index in [2.05, 4.69) is 30.6 Å². The van der Waals surface area contributed by atoms with Gasteiger partial charge in [-0.1, -0.05) is 0 Å². The van der Waals surface area contributed by atoms with E-state index in [0.717, 1.165) is 10.4 Å². The Balaban J connectivity index is 1.76. The van der Waals surface area contributed by atoms with E-state index in [1.165, 1.54) is 11.3 Å². The number of thiazole rings is 1. The van der Waals surface area contributed by atoms with E-state index in [1.807, 2.05) is 13.0 Å². The SMILES string of the molecule is Cc1nc(NCC(F)(F)F)nc(N[C@@H]2C[C@H](C(C)(C)O)[C@@H](O)[C@H]2O)c1-c1nc2c(C)nccc2s1. The maximum atomic E-state index is 12.8. The predicted octanol–water partition coefficient (Wildman–Crippen LogP) is 3.03. The quantitative estimate of drug-likeness (QED) is 0.338. The third kappa shape index (κ3) is 5.32. The summed E-state index contributed by atoms with van der Waals surface area (Å²) in [5, 5.41) is 37.4. The molecule has 35 heavy (non-hydrogen) atoms. The zero-order valence-electron chi connectivity index (χ0n) is 19.6. The summed E-state index contributed by atoms with van der Waals surface area (Å²) >= 11 is 1.36. The molecule has 0 spiro atoms. The Morgan fingerprint density at radius 2 is 1.80 bits per heavy atom. The summed E-state index contributed by atoms with van der Waals surface area (Å²) in [4.78, 5) is 17.4. The minimum Gasteiger partial charge on any atom is -0.390 e. The van der Waals surface area contributed by atoms with Crippen LogP contribution in [-0.4, -0.2) is 71.8 Å². The predicted molar refractivity (Wildman–Crippen MR) is 126 cm³/mol. The van der Waals surface area contributed by atoms with Crippen molar-refractivity contribution in [3.05, 3.63) is 23.7 Å². The number of aliphatic hydroxyl groups excluding tert-OH is 2. The van der Waals surface area contributed by atoms with Gasteiger partial charge in [-0.25, -0.2) is 9.97 Å². The summed E-state index contributed by atoms with van der Waals surface area (Å²) in [6.07, 6.45) is -5.02. The van der Waals surface area contributed by atoms with Crippen molar-refractivity contribution >= 4 is 33.3 Å². The van der Waals surface area contributed by atoms with Crippen molar-refractivity contribution in [2.45, 2.75) is 64.1 Å². The van der Waals surface area contributed by atoms with Crippen LogP contribution < -0.4 is 10.6 Å². The Morgan fingerprint density at radius 3 is 2.40 bits per heavy atom. The van der Waals surface area contributed by atoms with Gasteiger partial charge >= 0.3 is 6.18 Å². The number of aliphatic hydroxyl groups is 3. The zero-order valence-corrected chi connectivity index (χ0v) is 20.4. The molecule has 4 rings (SSSR count). The highest BCUT2D eigenvalue weighted by molar-refractivity contribution is 7.21. The van der Waals surface area contributed by atoms with Crippen LogP contribution in [-0.2, 0) is 0 Å². The largest absolute Gasteiger partial charge is 0.405 e. The number of halogens is 3. The first-order valence-corrected chi connectivity index (χ1v) is 11.8. The Labute approximate surface area is 203 Å². The molecule has 190 valence electrons. The third-order valence-corrected chi connectivity index (χ3v) is 7.19. The number of pyridine rings is 1. The summed E-state index contributed by atoms with van der Waals surface area (Å²) in [5.41, 5.74) is 1.01. The lowest BCUT2D eigenvalue weighted by Crippen LogP contribution is -2.40. The normalized spacial score (nSPS) is 23.1. The van der Waals surface area contributed by atoms with Gasteiger partial charge in [0.15, 0.2) is 0 Å². The van der Waals surface area contributed by atoms with Crippen molar-refractivity contribution in [2.24, 2.45) is 5.92 Å². The maximum Gasteiger partial charge on any atom is 0.405 e. The number of anilines is 2. The fraction of sp³-hybridized carbons (Fsp3) is 0.545. The van der Waals surface area contributed by atoms with Gasteiger partial charge in [0.1, 0.15) is 29.0 Å². The molecule has 4 atom stereocenters. The number of hydrogen-bond donors (Lipinski definition) is 5. The number of alkyl halides is 3. The minimum absolute atomic E-state index is 0.166. The topological polar surface area (TPSA) is 136 Å². The van der Waals surface area contributed by atoms with E-state index in [0.29, 0.717) is 21.8 Å². The zero-order chi connectivity index (χ0) is 25.7. The number of nitrogens with zero attached hydrogens (tertiary/aromatic N) is 4. The molecular formula is C22H27F3N6O3S. The molecule has 0 aromatic carbocycles. The van der Waals surface area contributed by atoms with Crippen LogP contribution >= 0.6 is 11.3 Å². The molecule has 5 N–H and O–H groups in total. The van der Waals surface area contributed by atoms with E-state index in [4.69, 9.17) is 0 Å². The van der Waals surface area contributed by atoms with Crippen LogP contribution in [0, 0.1) is 19.8 Å². The summed E-state index contributed by atoms with van der Waals surface area (Å²) in [6, 6.07) is 1.10. The summed E-state index contributed by atoms with van der Waals surface area (Å²) < 4.78 is 39.2. The third-order valence-electron chi connectivity index (χ3n) is 6.15. The second-order valence-electron chi connectivity index (χ2n) is 9.31. The molecule has 3 aromatic rings. The van der Waals surface area contributed by atoms with Crippen LogP contribution in [0.25, 0.3) is 20.8 Å². The molecule has 0 radical (unpaired) electrons. The van der Waals surface area contributed by atoms with Crippen LogP contribution in [0.4, 0.5) is 24.9 Å². The highest BCUT2D eigenvalue weighted by atomic mass is 32.1. The Kier molecular flexibility index (Phi) is 6.64. The van der Waals surface area contributed by atoms with Gasteiger partial charge in [0, 0.05) is 12.1 Å². The second kappa shape index (κ2) is 9.12. The molecule has 0 aliphatic heterocycles. The summed E-state index contributed by atoms with van der Waals surface area (Å²) in [6.45, 7) is 5.24. The molecule has 13 heteroatoms. The molecular weight excluding hydrogens is 485 g/mol. The highest BCUT2D eigenvalue weighted by Crippen LogP contribution is 2.40. The first-order chi connectivity index (χ1) is 16.2. The first-order valence-electron chi connectivity index (χ1n) is 11.0. The van der Waals surface area contributed by atoms with Gasteiger partial charge in [-0.05, 0) is 40.2 Å². The molecule has 0 amide bonds. The fourth-order valence-corrected chi connectivity index (χ4v) is 5.45. The lowest BCUT2D eigenvalue weighted by atomic mass is 9.88. The Hall–Kier alpha value is -2.61. The maximum absolute atomic E-state index is 12.8. The van der Waals surface area contributed by atoms with Crippen molar-refractivity contribution in [1.29, 1.82) is 0 Å². The number of rotatable bonds is 6. The summed E-state index contributed by atoms with van der Waals surface area (Å²) in [7, 11) is 0. The van der Waals surface area contributed by atoms with Gasteiger partial charge in [-0.15, -0.1) is 11.3 Å². The molecule has 0 saturated heterocycles. The van der Waals surface area contributed by atoms with Crippen LogP contribution in [0.3, 0.4) is 0 Å². The smallest absolute Gasteiger partial charge is 0.390 e. The molecule has 1 aliphatic carbocycles. The number of aromatic nitrogens is 4. The lowest BCUT2D eigenvalue weighted by Gasteiger charge is -2.28. The summed E-state index contributed by atoms with van der Waals surface area (Å²) in [5.74, 6) is -0.697. The molecule has 0 unspecified atom stereocenters.